The van der Waals surface area contributed by atoms with E-state index in [-0.39, 0.29) is 11.6 Å². The fraction of sp³-hybridized carbons (Fsp3) is 0.150. The average Bonchev–Trinajstić information content (AvgIpc) is 3.21. The molecule has 0 bridgehead atoms. The second kappa shape index (κ2) is 6.93. The van der Waals surface area contributed by atoms with Crippen molar-refractivity contribution in [3.8, 4) is 11.1 Å². The maximum Gasteiger partial charge on any atom is 0.258 e. The zero-order valence-electron chi connectivity index (χ0n) is 14.1. The third-order valence-corrected chi connectivity index (χ3v) is 4.49. The molecule has 0 saturated carbocycles. The van der Waals surface area contributed by atoms with Crippen LogP contribution in [-0.2, 0) is 6.42 Å². The van der Waals surface area contributed by atoms with Gasteiger partial charge in [0.15, 0.2) is 0 Å². The predicted octanol–water partition coefficient (Wildman–Crippen LogP) is 2.95. The van der Waals surface area contributed by atoms with Gasteiger partial charge in [-0.1, -0.05) is 36.4 Å². The van der Waals surface area contributed by atoms with Gasteiger partial charge in [0.25, 0.3) is 5.56 Å². The highest BCUT2D eigenvalue weighted by molar-refractivity contribution is 5.83. The number of nitrogens with zero attached hydrogens (tertiary/aromatic N) is 2. The smallest absolute Gasteiger partial charge is 0.258 e. The van der Waals surface area contributed by atoms with Crippen molar-refractivity contribution in [2.45, 2.75) is 18.9 Å². The zero-order valence-corrected chi connectivity index (χ0v) is 14.1. The van der Waals surface area contributed by atoms with E-state index in [1.54, 1.807) is 12.4 Å². The van der Waals surface area contributed by atoms with Crippen LogP contribution >= 0.6 is 0 Å². The first kappa shape index (κ1) is 16.2. The normalized spacial score (nSPS) is 12.3. The predicted molar refractivity (Wildman–Crippen MR) is 102 cm³/mol. The molecule has 2 aromatic carbocycles. The summed E-state index contributed by atoms with van der Waals surface area (Å²) in [6, 6.07) is 15.4. The molecular formula is C20H19N5O. The number of hydrogen-bond donors (Lipinski definition) is 3. The third-order valence-electron chi connectivity index (χ3n) is 4.49. The van der Waals surface area contributed by atoms with Crippen molar-refractivity contribution >= 4 is 10.9 Å². The first-order valence-electron chi connectivity index (χ1n) is 8.53. The van der Waals surface area contributed by atoms with Gasteiger partial charge in [0.1, 0.15) is 5.82 Å². The van der Waals surface area contributed by atoms with Gasteiger partial charge in [-0.05, 0) is 36.1 Å². The Kier molecular flexibility index (Phi) is 4.33. The van der Waals surface area contributed by atoms with Gasteiger partial charge >= 0.3 is 0 Å². The molecule has 26 heavy (non-hydrogen) atoms. The first-order chi connectivity index (χ1) is 12.7. The molecule has 0 saturated heterocycles. The van der Waals surface area contributed by atoms with Crippen LogP contribution in [0.15, 0.2) is 65.7 Å². The number of nitrogens with one attached hydrogen (secondary N) is 2. The van der Waals surface area contributed by atoms with Gasteiger partial charge in [-0.2, -0.15) is 5.10 Å². The fourth-order valence-electron chi connectivity index (χ4n) is 3.02. The quantitative estimate of drug-likeness (QED) is 0.518. The Morgan fingerprint density at radius 2 is 1.92 bits per heavy atom. The highest BCUT2D eigenvalue weighted by Gasteiger charge is 2.12. The van der Waals surface area contributed by atoms with Crippen molar-refractivity contribution < 1.29 is 0 Å². The summed E-state index contributed by atoms with van der Waals surface area (Å²) in [6.07, 6.45) is 5.06. The molecule has 0 amide bonds. The number of aromatic amines is 2. The second-order valence-corrected chi connectivity index (χ2v) is 6.30. The number of aromatic nitrogens is 4. The summed E-state index contributed by atoms with van der Waals surface area (Å²) in [7, 11) is 0. The van der Waals surface area contributed by atoms with Crippen LogP contribution in [0.1, 0.15) is 23.9 Å². The minimum Gasteiger partial charge on any atom is -0.321 e. The van der Waals surface area contributed by atoms with Crippen LogP contribution in [0.3, 0.4) is 0 Å². The molecule has 2 heterocycles. The Bertz CT molecular complexity index is 1070. The van der Waals surface area contributed by atoms with Gasteiger partial charge in [-0.15, -0.1) is 0 Å². The fourth-order valence-corrected chi connectivity index (χ4v) is 3.02. The lowest BCUT2D eigenvalue weighted by molar-refractivity contribution is 0.613. The summed E-state index contributed by atoms with van der Waals surface area (Å²) in [5.41, 5.74) is 9.79. The monoisotopic (exact) mass is 345 g/mol. The van der Waals surface area contributed by atoms with E-state index in [1.165, 1.54) is 5.56 Å². The van der Waals surface area contributed by atoms with Crippen LogP contribution in [-0.4, -0.2) is 20.2 Å². The van der Waals surface area contributed by atoms with E-state index in [2.05, 4.69) is 32.3 Å². The van der Waals surface area contributed by atoms with Crippen LogP contribution < -0.4 is 11.3 Å². The Morgan fingerprint density at radius 3 is 2.69 bits per heavy atom. The average molecular weight is 345 g/mol. The molecule has 6 heteroatoms. The summed E-state index contributed by atoms with van der Waals surface area (Å²) < 4.78 is 0. The van der Waals surface area contributed by atoms with E-state index >= 15 is 0 Å². The molecule has 1 atom stereocenters. The Morgan fingerprint density at radius 1 is 1.08 bits per heavy atom. The van der Waals surface area contributed by atoms with Gasteiger partial charge in [0, 0.05) is 11.8 Å². The van der Waals surface area contributed by atoms with E-state index < -0.39 is 0 Å². The maximum absolute atomic E-state index is 12.5. The SMILES string of the molecule is N[C@H](CCc1ccccc1)c1nc2ccc(-c3cn[nH]c3)cc2c(=O)[nH]1. The lowest BCUT2D eigenvalue weighted by atomic mass is 10.0. The van der Waals surface area contributed by atoms with Crippen LogP contribution in [0.25, 0.3) is 22.0 Å². The second-order valence-electron chi connectivity index (χ2n) is 6.30. The number of fused-ring (bicyclic) bond motifs is 1. The topological polar surface area (TPSA) is 100 Å². The zero-order chi connectivity index (χ0) is 17.9. The Labute approximate surface area is 150 Å². The number of hydrogen-bond acceptors (Lipinski definition) is 4. The van der Waals surface area contributed by atoms with E-state index in [1.807, 2.05) is 36.4 Å². The van der Waals surface area contributed by atoms with Crippen molar-refractivity contribution in [1.82, 2.24) is 20.2 Å². The largest absolute Gasteiger partial charge is 0.321 e. The van der Waals surface area contributed by atoms with Crippen LogP contribution in [0.2, 0.25) is 0 Å². The molecule has 4 N–H and O–H groups in total. The van der Waals surface area contributed by atoms with Gasteiger partial charge < -0.3 is 10.7 Å². The molecule has 0 aliphatic rings. The van der Waals surface area contributed by atoms with Gasteiger partial charge in [0.2, 0.25) is 0 Å². The lowest BCUT2D eigenvalue weighted by Gasteiger charge is -2.12. The number of benzene rings is 2. The molecular weight excluding hydrogens is 326 g/mol. The summed E-state index contributed by atoms with van der Waals surface area (Å²) in [5, 5.41) is 7.26. The maximum atomic E-state index is 12.5. The number of nitrogens with two attached hydrogens (primary N) is 1. The molecule has 0 unspecified atom stereocenters. The number of rotatable bonds is 5. The highest BCUT2D eigenvalue weighted by atomic mass is 16.1. The summed E-state index contributed by atoms with van der Waals surface area (Å²) in [4.78, 5) is 19.9. The van der Waals surface area contributed by atoms with Crippen LogP contribution in [0.4, 0.5) is 0 Å². The third kappa shape index (κ3) is 3.27. The van der Waals surface area contributed by atoms with Gasteiger partial charge in [-0.3, -0.25) is 9.89 Å². The van der Waals surface area contributed by atoms with E-state index in [0.29, 0.717) is 23.1 Å². The minimum absolute atomic E-state index is 0.175. The molecule has 0 spiro atoms. The molecule has 130 valence electrons. The Balaban J connectivity index is 1.60. The van der Waals surface area contributed by atoms with Crippen molar-refractivity contribution in [3.63, 3.8) is 0 Å². The van der Waals surface area contributed by atoms with Crippen molar-refractivity contribution in [2.75, 3.05) is 0 Å². The molecule has 0 fully saturated rings. The number of aryl methyl sites for hydroxylation is 1. The van der Waals surface area contributed by atoms with Gasteiger partial charge in [0.05, 0.1) is 23.1 Å². The van der Waals surface area contributed by atoms with Crippen LogP contribution in [0, 0.1) is 0 Å². The molecule has 0 aliphatic carbocycles. The van der Waals surface area contributed by atoms with E-state index in [0.717, 1.165) is 17.5 Å². The van der Waals surface area contributed by atoms with Gasteiger partial charge in [-0.25, -0.2) is 4.98 Å². The summed E-state index contributed by atoms with van der Waals surface area (Å²) >= 11 is 0. The lowest BCUT2D eigenvalue weighted by Crippen LogP contribution is -2.20. The standard InChI is InChI=1S/C20H19N5O/c21-17(8-6-13-4-2-1-3-5-13)19-24-18-9-7-14(15-11-22-23-12-15)10-16(18)20(26)25-19/h1-5,7,9-12,17H,6,8,21H2,(H,22,23)(H,24,25,26)/t17-/m1/s1. The first-order valence-corrected chi connectivity index (χ1v) is 8.53. The Hall–Kier alpha value is -3.25. The van der Waals surface area contributed by atoms with Crippen LogP contribution in [0.5, 0.6) is 0 Å². The van der Waals surface area contributed by atoms with E-state index in [4.69, 9.17) is 5.73 Å². The number of H-pyrrole nitrogens is 2. The molecule has 0 radical (unpaired) electrons. The molecule has 0 aliphatic heterocycles. The highest BCUT2D eigenvalue weighted by Crippen LogP contribution is 2.22. The molecule has 4 aromatic rings. The molecule has 6 nitrogen and oxygen atoms in total. The summed E-state index contributed by atoms with van der Waals surface area (Å²) in [6.45, 7) is 0. The minimum atomic E-state index is -0.319. The van der Waals surface area contributed by atoms with Crippen molar-refractivity contribution in [2.24, 2.45) is 5.73 Å². The van der Waals surface area contributed by atoms with E-state index in [9.17, 15) is 4.79 Å². The van der Waals surface area contributed by atoms with Crippen molar-refractivity contribution in [1.29, 1.82) is 0 Å². The van der Waals surface area contributed by atoms with Crippen molar-refractivity contribution in [3.05, 3.63) is 82.7 Å². The molecule has 2 aromatic heterocycles. The molecule has 4 rings (SSSR count). The summed E-state index contributed by atoms with van der Waals surface area (Å²) in [5.74, 6) is 0.523.